The number of carboxylic acid groups (broad SMARTS) is 1. The van der Waals surface area contributed by atoms with E-state index in [1.165, 1.54) is 11.2 Å². The molecule has 0 aliphatic carbocycles. The Bertz CT molecular complexity index is 719. The highest BCUT2D eigenvalue weighted by Crippen LogP contribution is 2.19. The van der Waals surface area contributed by atoms with Crippen molar-refractivity contribution in [2.24, 2.45) is 0 Å². The van der Waals surface area contributed by atoms with Gasteiger partial charge in [-0.15, -0.1) is 0 Å². The molecule has 2 fully saturated rings. The first-order valence-electron chi connectivity index (χ1n) is 9.06. The molecule has 27 heavy (non-hydrogen) atoms. The summed E-state index contributed by atoms with van der Waals surface area (Å²) in [6.07, 6.45) is 5.72. The number of carbonyl (C=O) groups excluding carboxylic acids is 3. The number of amides is 3. The van der Waals surface area contributed by atoms with E-state index in [2.05, 4.69) is 20.6 Å². The fourth-order valence-corrected chi connectivity index (χ4v) is 3.55. The van der Waals surface area contributed by atoms with Crippen LogP contribution in [0.15, 0.2) is 12.5 Å². The fourth-order valence-electron chi connectivity index (χ4n) is 3.55. The van der Waals surface area contributed by atoms with Crippen LogP contribution in [0.4, 0.5) is 0 Å². The number of H-pyrrole nitrogens is 1. The van der Waals surface area contributed by atoms with E-state index < -0.39 is 35.9 Å². The number of hydrogen-bond donors (Lipinski definition) is 4. The van der Waals surface area contributed by atoms with Crippen LogP contribution in [0.1, 0.15) is 37.8 Å². The molecule has 2 aliphatic heterocycles. The van der Waals surface area contributed by atoms with Crippen molar-refractivity contribution in [1.29, 1.82) is 0 Å². The van der Waals surface area contributed by atoms with Gasteiger partial charge in [0.25, 0.3) is 0 Å². The van der Waals surface area contributed by atoms with E-state index in [-0.39, 0.29) is 18.7 Å². The third-order valence-corrected chi connectivity index (χ3v) is 4.97. The number of nitrogens with one attached hydrogen (secondary N) is 3. The summed E-state index contributed by atoms with van der Waals surface area (Å²) < 4.78 is 0. The molecule has 4 N–H and O–H groups in total. The Hall–Kier alpha value is -2.91. The summed E-state index contributed by atoms with van der Waals surface area (Å²) in [6.45, 7) is 0.336. The van der Waals surface area contributed by atoms with Crippen LogP contribution in [-0.2, 0) is 25.6 Å². The highest BCUT2D eigenvalue weighted by atomic mass is 16.4. The minimum absolute atomic E-state index is 0.136. The normalized spacial score (nSPS) is 23.6. The van der Waals surface area contributed by atoms with Crippen LogP contribution in [-0.4, -0.2) is 68.3 Å². The topological polar surface area (TPSA) is 144 Å². The molecule has 0 aromatic carbocycles. The monoisotopic (exact) mass is 377 g/mol. The second-order valence-electron chi connectivity index (χ2n) is 6.87. The van der Waals surface area contributed by atoms with E-state index in [9.17, 15) is 24.3 Å². The van der Waals surface area contributed by atoms with Crippen molar-refractivity contribution in [3.05, 3.63) is 18.2 Å². The second-order valence-corrected chi connectivity index (χ2v) is 6.87. The lowest BCUT2D eigenvalue weighted by molar-refractivity contribution is -0.153. The molecule has 0 radical (unpaired) electrons. The number of carbonyl (C=O) groups is 4. The van der Waals surface area contributed by atoms with E-state index in [0.717, 1.165) is 12.8 Å². The van der Waals surface area contributed by atoms with E-state index in [0.29, 0.717) is 25.1 Å². The zero-order valence-electron chi connectivity index (χ0n) is 14.8. The Morgan fingerprint density at radius 2 is 2.15 bits per heavy atom. The lowest BCUT2D eigenvalue weighted by Gasteiger charge is -2.35. The van der Waals surface area contributed by atoms with Crippen LogP contribution in [0.2, 0.25) is 0 Å². The van der Waals surface area contributed by atoms with E-state index in [4.69, 9.17) is 0 Å². The van der Waals surface area contributed by atoms with Crippen molar-refractivity contribution in [2.75, 3.05) is 6.54 Å². The Morgan fingerprint density at radius 1 is 1.33 bits per heavy atom. The van der Waals surface area contributed by atoms with Gasteiger partial charge in [-0.3, -0.25) is 14.4 Å². The van der Waals surface area contributed by atoms with Gasteiger partial charge in [-0.1, -0.05) is 0 Å². The molecule has 0 bridgehead atoms. The lowest BCUT2D eigenvalue weighted by Crippen LogP contribution is -2.57. The Balaban J connectivity index is 1.75. The molecule has 2 aliphatic rings. The first-order chi connectivity index (χ1) is 13.0. The van der Waals surface area contributed by atoms with Crippen molar-refractivity contribution in [2.45, 2.75) is 56.7 Å². The SMILES string of the molecule is O=C1CC[C@@H](C(=O)N[C@@H](Cc2c[nH]cn2)C(=O)N2CCCCC2C(=O)O)N1. The summed E-state index contributed by atoms with van der Waals surface area (Å²) in [7, 11) is 0. The third kappa shape index (κ3) is 4.44. The summed E-state index contributed by atoms with van der Waals surface area (Å²) in [5, 5.41) is 14.7. The van der Waals surface area contributed by atoms with E-state index in [1.54, 1.807) is 6.20 Å². The molecule has 10 heteroatoms. The third-order valence-electron chi connectivity index (χ3n) is 4.97. The number of likely N-dealkylation sites (tertiary alicyclic amines) is 1. The van der Waals surface area contributed by atoms with Crippen molar-refractivity contribution in [3.8, 4) is 0 Å². The van der Waals surface area contributed by atoms with Gasteiger partial charge in [-0.2, -0.15) is 0 Å². The molecule has 0 spiro atoms. The molecule has 1 aromatic heterocycles. The molecule has 3 heterocycles. The van der Waals surface area contributed by atoms with Crippen molar-refractivity contribution < 1.29 is 24.3 Å². The Morgan fingerprint density at radius 3 is 2.78 bits per heavy atom. The zero-order valence-corrected chi connectivity index (χ0v) is 14.8. The molecule has 146 valence electrons. The van der Waals surface area contributed by atoms with Crippen LogP contribution in [0, 0.1) is 0 Å². The van der Waals surface area contributed by atoms with Gasteiger partial charge < -0.3 is 25.6 Å². The molecule has 0 saturated carbocycles. The average Bonchev–Trinajstić information content (AvgIpc) is 3.32. The van der Waals surface area contributed by atoms with Gasteiger partial charge in [0.15, 0.2) is 0 Å². The number of aromatic amines is 1. The van der Waals surface area contributed by atoms with Crippen molar-refractivity contribution in [1.82, 2.24) is 25.5 Å². The Labute approximate surface area is 155 Å². The van der Waals surface area contributed by atoms with Gasteiger partial charge in [0.1, 0.15) is 18.1 Å². The summed E-state index contributed by atoms with van der Waals surface area (Å²) >= 11 is 0. The van der Waals surface area contributed by atoms with Gasteiger partial charge in [-0.05, 0) is 25.7 Å². The summed E-state index contributed by atoms with van der Waals surface area (Å²) in [5.74, 6) is -2.13. The van der Waals surface area contributed by atoms with Crippen LogP contribution in [0.5, 0.6) is 0 Å². The van der Waals surface area contributed by atoms with Gasteiger partial charge in [0.05, 0.1) is 12.0 Å². The summed E-state index contributed by atoms with van der Waals surface area (Å²) in [5.41, 5.74) is 0.577. The summed E-state index contributed by atoms with van der Waals surface area (Å²) in [4.78, 5) is 56.7. The standard InChI is InChI=1S/C17H23N5O5/c23-14-5-4-11(20-14)15(24)21-12(7-10-8-18-9-19-10)16(25)22-6-2-1-3-13(22)17(26)27/h8-9,11-13H,1-7H2,(H,18,19)(H,20,23)(H,21,24)(H,26,27)/t11-,12-,13?/m0/s1. The van der Waals surface area contributed by atoms with E-state index >= 15 is 0 Å². The van der Waals surface area contributed by atoms with Gasteiger partial charge in [0, 0.05) is 25.6 Å². The number of rotatable bonds is 6. The zero-order chi connectivity index (χ0) is 19.4. The predicted molar refractivity (Wildman–Crippen MR) is 92.4 cm³/mol. The molecule has 3 amide bonds. The second kappa shape index (κ2) is 8.19. The molecular weight excluding hydrogens is 354 g/mol. The number of aromatic nitrogens is 2. The van der Waals surface area contributed by atoms with Crippen LogP contribution < -0.4 is 10.6 Å². The first kappa shape index (κ1) is 18.9. The van der Waals surface area contributed by atoms with Crippen LogP contribution >= 0.6 is 0 Å². The van der Waals surface area contributed by atoms with Crippen molar-refractivity contribution >= 4 is 23.7 Å². The van der Waals surface area contributed by atoms with Gasteiger partial charge >= 0.3 is 5.97 Å². The molecular formula is C17H23N5O5. The highest BCUT2D eigenvalue weighted by Gasteiger charge is 2.37. The molecule has 10 nitrogen and oxygen atoms in total. The smallest absolute Gasteiger partial charge is 0.326 e. The molecule has 1 unspecified atom stereocenters. The number of piperidine rings is 1. The maximum Gasteiger partial charge on any atom is 0.326 e. The predicted octanol–water partition coefficient (Wildman–Crippen LogP) is -0.819. The number of nitrogens with zero attached hydrogens (tertiary/aromatic N) is 2. The fraction of sp³-hybridized carbons (Fsp3) is 0.588. The number of aliphatic carboxylic acids is 1. The van der Waals surface area contributed by atoms with Crippen molar-refractivity contribution in [3.63, 3.8) is 0 Å². The highest BCUT2D eigenvalue weighted by molar-refractivity contribution is 5.95. The molecule has 2 saturated heterocycles. The molecule has 1 aromatic rings. The number of imidazole rings is 1. The first-order valence-corrected chi connectivity index (χ1v) is 9.06. The van der Waals surface area contributed by atoms with Crippen LogP contribution in [0.3, 0.4) is 0 Å². The minimum Gasteiger partial charge on any atom is -0.480 e. The van der Waals surface area contributed by atoms with Gasteiger partial charge in [-0.25, -0.2) is 9.78 Å². The quantitative estimate of drug-likeness (QED) is 0.510. The van der Waals surface area contributed by atoms with Gasteiger partial charge in [0.2, 0.25) is 17.7 Å². The lowest BCUT2D eigenvalue weighted by atomic mass is 9.99. The average molecular weight is 377 g/mol. The maximum absolute atomic E-state index is 13.1. The van der Waals surface area contributed by atoms with E-state index in [1.807, 2.05) is 0 Å². The number of hydrogen-bond acceptors (Lipinski definition) is 5. The minimum atomic E-state index is -1.05. The summed E-state index contributed by atoms with van der Waals surface area (Å²) in [6, 6.07) is -2.52. The maximum atomic E-state index is 13.1. The molecule has 3 rings (SSSR count). The molecule has 3 atom stereocenters. The van der Waals surface area contributed by atoms with Crippen LogP contribution in [0.25, 0.3) is 0 Å². The largest absolute Gasteiger partial charge is 0.480 e. The Kier molecular flexibility index (Phi) is 5.72. The number of carboxylic acids is 1.